The first-order valence-corrected chi connectivity index (χ1v) is 5.48. The van der Waals surface area contributed by atoms with Crippen LogP contribution in [-0.4, -0.2) is 16.7 Å². The summed E-state index contributed by atoms with van der Waals surface area (Å²) in [7, 11) is 0. The fourth-order valence-corrected chi connectivity index (χ4v) is 1.81. The van der Waals surface area contributed by atoms with E-state index in [1.807, 2.05) is 32.2 Å². The van der Waals surface area contributed by atoms with Crippen molar-refractivity contribution in [2.75, 3.05) is 6.61 Å². The Bertz CT molecular complexity index is 487. The Balaban J connectivity index is 2.39. The SMILES string of the molecule is CC(C)(CO)[C@H](N)c1ccc2cc[nH]c2c1. The minimum absolute atomic E-state index is 0.0803. The van der Waals surface area contributed by atoms with Crippen LogP contribution in [0, 0.1) is 5.41 Å². The van der Waals surface area contributed by atoms with Gasteiger partial charge in [0.1, 0.15) is 0 Å². The van der Waals surface area contributed by atoms with Crippen molar-refractivity contribution in [2.45, 2.75) is 19.9 Å². The van der Waals surface area contributed by atoms with Gasteiger partial charge in [0.2, 0.25) is 0 Å². The molecule has 0 aliphatic carbocycles. The summed E-state index contributed by atoms with van der Waals surface area (Å²) in [5, 5.41) is 10.5. The van der Waals surface area contributed by atoms with Crippen LogP contribution in [0.2, 0.25) is 0 Å². The number of aromatic nitrogens is 1. The van der Waals surface area contributed by atoms with Gasteiger partial charge in [-0.15, -0.1) is 0 Å². The number of H-pyrrole nitrogens is 1. The largest absolute Gasteiger partial charge is 0.396 e. The number of benzene rings is 1. The van der Waals surface area contributed by atoms with E-state index < -0.39 is 0 Å². The molecular weight excluding hydrogens is 200 g/mol. The van der Waals surface area contributed by atoms with Crippen molar-refractivity contribution in [1.82, 2.24) is 4.98 Å². The lowest BCUT2D eigenvalue weighted by atomic mass is 9.82. The molecule has 0 aliphatic rings. The number of aliphatic hydroxyl groups excluding tert-OH is 1. The molecule has 0 saturated carbocycles. The van der Waals surface area contributed by atoms with E-state index in [-0.39, 0.29) is 18.1 Å². The average molecular weight is 218 g/mol. The van der Waals surface area contributed by atoms with Gasteiger partial charge in [-0.05, 0) is 23.1 Å². The highest BCUT2D eigenvalue weighted by Crippen LogP contribution is 2.31. The Morgan fingerprint density at radius 3 is 2.81 bits per heavy atom. The Hall–Kier alpha value is -1.32. The van der Waals surface area contributed by atoms with Crippen molar-refractivity contribution >= 4 is 10.9 Å². The highest BCUT2D eigenvalue weighted by Gasteiger charge is 2.26. The molecule has 86 valence electrons. The number of fused-ring (bicyclic) bond motifs is 1. The fraction of sp³-hybridized carbons (Fsp3) is 0.385. The molecule has 3 nitrogen and oxygen atoms in total. The van der Waals surface area contributed by atoms with Gasteiger partial charge < -0.3 is 15.8 Å². The maximum absolute atomic E-state index is 9.31. The predicted molar refractivity (Wildman–Crippen MR) is 66.1 cm³/mol. The van der Waals surface area contributed by atoms with E-state index >= 15 is 0 Å². The van der Waals surface area contributed by atoms with E-state index in [4.69, 9.17) is 5.73 Å². The van der Waals surface area contributed by atoms with E-state index in [9.17, 15) is 5.11 Å². The summed E-state index contributed by atoms with van der Waals surface area (Å²) in [6.07, 6.45) is 1.91. The number of hydrogen-bond acceptors (Lipinski definition) is 2. The first-order chi connectivity index (χ1) is 7.54. The molecule has 0 radical (unpaired) electrons. The molecule has 0 fully saturated rings. The summed E-state index contributed by atoms with van der Waals surface area (Å²) in [5.74, 6) is 0. The molecule has 1 aromatic heterocycles. The average Bonchev–Trinajstić information content (AvgIpc) is 2.74. The quantitative estimate of drug-likeness (QED) is 0.739. The lowest BCUT2D eigenvalue weighted by molar-refractivity contribution is 0.132. The lowest BCUT2D eigenvalue weighted by Gasteiger charge is -2.29. The van der Waals surface area contributed by atoms with E-state index in [2.05, 4.69) is 17.1 Å². The summed E-state index contributed by atoms with van der Waals surface area (Å²) in [6, 6.07) is 8.00. The van der Waals surface area contributed by atoms with Crippen LogP contribution in [0.4, 0.5) is 0 Å². The van der Waals surface area contributed by atoms with E-state index in [1.165, 1.54) is 5.39 Å². The molecule has 0 aliphatic heterocycles. The monoisotopic (exact) mass is 218 g/mol. The van der Waals surface area contributed by atoms with Crippen molar-refractivity contribution in [2.24, 2.45) is 11.1 Å². The second kappa shape index (κ2) is 3.92. The molecule has 3 heteroatoms. The Kier molecular flexibility index (Phi) is 2.74. The van der Waals surface area contributed by atoms with Gasteiger partial charge in [-0.25, -0.2) is 0 Å². The molecule has 2 aromatic rings. The summed E-state index contributed by atoms with van der Waals surface area (Å²) in [5.41, 5.74) is 8.00. The van der Waals surface area contributed by atoms with Crippen LogP contribution in [0.3, 0.4) is 0 Å². The molecule has 0 spiro atoms. The molecule has 0 bridgehead atoms. The smallest absolute Gasteiger partial charge is 0.0500 e. The Labute approximate surface area is 95.3 Å². The number of rotatable bonds is 3. The van der Waals surface area contributed by atoms with Gasteiger partial charge in [-0.3, -0.25) is 0 Å². The maximum Gasteiger partial charge on any atom is 0.0500 e. The molecule has 16 heavy (non-hydrogen) atoms. The van der Waals surface area contributed by atoms with Gasteiger partial charge in [-0.1, -0.05) is 26.0 Å². The van der Waals surface area contributed by atoms with Crippen LogP contribution in [-0.2, 0) is 0 Å². The zero-order valence-electron chi connectivity index (χ0n) is 9.70. The topological polar surface area (TPSA) is 62.0 Å². The lowest BCUT2D eigenvalue weighted by Crippen LogP contribution is -2.32. The first kappa shape index (κ1) is 11.2. The molecule has 1 aromatic carbocycles. The molecule has 0 amide bonds. The van der Waals surface area contributed by atoms with Gasteiger partial charge in [-0.2, -0.15) is 0 Å². The zero-order chi connectivity index (χ0) is 11.8. The number of nitrogens with two attached hydrogens (primary N) is 1. The van der Waals surface area contributed by atoms with Gasteiger partial charge in [0.25, 0.3) is 0 Å². The van der Waals surface area contributed by atoms with Crippen molar-refractivity contribution in [3.63, 3.8) is 0 Å². The maximum atomic E-state index is 9.31. The van der Waals surface area contributed by atoms with Crippen molar-refractivity contribution < 1.29 is 5.11 Å². The summed E-state index contributed by atoms with van der Waals surface area (Å²) in [6.45, 7) is 4.02. The molecule has 0 unspecified atom stereocenters. The molecule has 1 heterocycles. The van der Waals surface area contributed by atoms with Crippen molar-refractivity contribution in [3.8, 4) is 0 Å². The van der Waals surface area contributed by atoms with Crippen LogP contribution >= 0.6 is 0 Å². The van der Waals surface area contributed by atoms with Crippen LogP contribution in [0.5, 0.6) is 0 Å². The third-order valence-corrected chi connectivity index (χ3v) is 3.19. The van der Waals surface area contributed by atoms with Crippen molar-refractivity contribution in [3.05, 3.63) is 36.0 Å². The van der Waals surface area contributed by atoms with Gasteiger partial charge in [0, 0.05) is 29.8 Å². The highest BCUT2D eigenvalue weighted by molar-refractivity contribution is 5.80. The minimum atomic E-state index is -0.305. The van der Waals surface area contributed by atoms with E-state index in [1.54, 1.807) is 0 Å². The highest BCUT2D eigenvalue weighted by atomic mass is 16.3. The molecule has 2 rings (SSSR count). The zero-order valence-corrected chi connectivity index (χ0v) is 9.70. The Morgan fingerprint density at radius 1 is 1.38 bits per heavy atom. The normalized spacial score (nSPS) is 14.2. The molecular formula is C13H18N2O. The second-order valence-corrected chi connectivity index (χ2v) is 4.95. The van der Waals surface area contributed by atoms with Crippen LogP contribution < -0.4 is 5.73 Å². The fourth-order valence-electron chi connectivity index (χ4n) is 1.81. The number of nitrogens with one attached hydrogen (secondary N) is 1. The standard InChI is InChI=1S/C13H18N2O/c1-13(2,8-16)12(14)10-4-3-9-5-6-15-11(9)7-10/h3-7,12,15-16H,8,14H2,1-2H3/t12-/m1/s1. The first-order valence-electron chi connectivity index (χ1n) is 5.48. The Morgan fingerprint density at radius 2 is 2.12 bits per heavy atom. The number of aromatic amines is 1. The van der Waals surface area contributed by atoms with Gasteiger partial charge >= 0.3 is 0 Å². The van der Waals surface area contributed by atoms with Gasteiger partial charge in [0.15, 0.2) is 0 Å². The molecule has 0 saturated heterocycles. The van der Waals surface area contributed by atoms with Crippen LogP contribution in [0.25, 0.3) is 10.9 Å². The molecule has 1 atom stereocenters. The summed E-state index contributed by atoms with van der Waals surface area (Å²) in [4.78, 5) is 3.17. The van der Waals surface area contributed by atoms with Crippen molar-refractivity contribution in [1.29, 1.82) is 0 Å². The van der Waals surface area contributed by atoms with E-state index in [0.29, 0.717) is 0 Å². The third-order valence-electron chi connectivity index (χ3n) is 3.19. The number of hydrogen-bond donors (Lipinski definition) is 3. The van der Waals surface area contributed by atoms with Gasteiger partial charge in [0.05, 0.1) is 0 Å². The third kappa shape index (κ3) is 1.84. The number of aliphatic hydroxyl groups is 1. The second-order valence-electron chi connectivity index (χ2n) is 4.95. The minimum Gasteiger partial charge on any atom is -0.396 e. The van der Waals surface area contributed by atoms with Crippen LogP contribution in [0.1, 0.15) is 25.5 Å². The predicted octanol–water partition coefficient (Wildman–Crippen LogP) is 2.19. The van der Waals surface area contributed by atoms with Crippen LogP contribution in [0.15, 0.2) is 30.5 Å². The summed E-state index contributed by atoms with van der Waals surface area (Å²) >= 11 is 0. The summed E-state index contributed by atoms with van der Waals surface area (Å²) < 4.78 is 0. The molecule has 4 N–H and O–H groups in total. The van der Waals surface area contributed by atoms with E-state index in [0.717, 1.165) is 11.1 Å².